The maximum absolute atomic E-state index is 5.02. The standard InChI is InChI=1S/C25H25N7/c1-17-15-18(2)31(28-17)14-12-23-27-24-21-9-5-6-10-22(21)26-25(32(24)29-23)30-13-11-19-7-3-4-8-20(19)16-30/h3-10,15H,11-14,16H2,1-2H3. The fourth-order valence-electron chi connectivity index (χ4n) is 4.67. The third kappa shape index (κ3) is 3.21. The quantitative estimate of drug-likeness (QED) is 0.439. The highest BCUT2D eigenvalue weighted by molar-refractivity contribution is 5.92. The van der Waals surface area contributed by atoms with Crippen LogP contribution in [0.1, 0.15) is 28.3 Å². The van der Waals surface area contributed by atoms with Crippen LogP contribution in [0.25, 0.3) is 16.6 Å². The lowest BCUT2D eigenvalue weighted by Crippen LogP contribution is -2.32. The second kappa shape index (κ2) is 7.44. The van der Waals surface area contributed by atoms with Crippen molar-refractivity contribution in [2.24, 2.45) is 0 Å². The Bertz CT molecular complexity index is 1450. The van der Waals surface area contributed by atoms with Crippen LogP contribution < -0.4 is 4.90 Å². The third-order valence-corrected chi connectivity index (χ3v) is 6.27. The van der Waals surface area contributed by atoms with Gasteiger partial charge in [0.2, 0.25) is 5.95 Å². The molecule has 3 aromatic heterocycles. The van der Waals surface area contributed by atoms with Gasteiger partial charge in [-0.15, -0.1) is 5.10 Å². The molecule has 7 heteroatoms. The molecular formula is C25H25N7. The summed E-state index contributed by atoms with van der Waals surface area (Å²) in [7, 11) is 0. The van der Waals surface area contributed by atoms with Crippen molar-refractivity contribution in [3.63, 3.8) is 0 Å². The molecule has 0 saturated heterocycles. The highest BCUT2D eigenvalue weighted by Crippen LogP contribution is 2.27. The number of anilines is 1. The third-order valence-electron chi connectivity index (χ3n) is 6.27. The van der Waals surface area contributed by atoms with E-state index in [0.717, 1.165) is 72.2 Å². The van der Waals surface area contributed by atoms with Crippen molar-refractivity contribution in [1.82, 2.24) is 29.4 Å². The van der Waals surface area contributed by atoms with E-state index in [0.29, 0.717) is 0 Å². The first kappa shape index (κ1) is 19.0. The van der Waals surface area contributed by atoms with Crippen molar-refractivity contribution >= 4 is 22.5 Å². The topological polar surface area (TPSA) is 64.1 Å². The van der Waals surface area contributed by atoms with E-state index >= 15 is 0 Å². The number of hydrogen-bond donors (Lipinski definition) is 0. The fraction of sp³-hybridized carbons (Fsp3) is 0.280. The van der Waals surface area contributed by atoms with Gasteiger partial charge in [-0.25, -0.2) is 9.97 Å². The maximum Gasteiger partial charge on any atom is 0.229 e. The van der Waals surface area contributed by atoms with Crippen molar-refractivity contribution in [1.29, 1.82) is 0 Å². The lowest BCUT2D eigenvalue weighted by Gasteiger charge is -2.29. The Labute approximate surface area is 186 Å². The van der Waals surface area contributed by atoms with E-state index in [1.807, 2.05) is 28.3 Å². The number of para-hydroxylation sites is 1. The molecule has 2 aromatic carbocycles. The molecule has 160 valence electrons. The summed E-state index contributed by atoms with van der Waals surface area (Å²) in [6, 6.07) is 19.0. The lowest BCUT2D eigenvalue weighted by molar-refractivity contribution is 0.581. The van der Waals surface area contributed by atoms with Gasteiger partial charge < -0.3 is 4.90 Å². The van der Waals surface area contributed by atoms with Crippen molar-refractivity contribution in [2.45, 2.75) is 39.8 Å². The largest absolute Gasteiger partial charge is 0.336 e. The molecule has 6 rings (SSSR count). The van der Waals surface area contributed by atoms with Gasteiger partial charge in [0.25, 0.3) is 0 Å². The van der Waals surface area contributed by atoms with Crippen molar-refractivity contribution in [3.8, 4) is 0 Å². The van der Waals surface area contributed by atoms with Gasteiger partial charge in [0.05, 0.1) is 11.2 Å². The van der Waals surface area contributed by atoms with E-state index in [9.17, 15) is 0 Å². The average Bonchev–Trinajstić information content (AvgIpc) is 3.39. The number of nitrogens with zero attached hydrogens (tertiary/aromatic N) is 7. The van der Waals surface area contributed by atoms with E-state index in [1.54, 1.807) is 0 Å². The highest BCUT2D eigenvalue weighted by atomic mass is 15.4. The minimum absolute atomic E-state index is 0.722. The second-order valence-electron chi connectivity index (χ2n) is 8.53. The van der Waals surface area contributed by atoms with E-state index in [4.69, 9.17) is 15.1 Å². The summed E-state index contributed by atoms with van der Waals surface area (Å²) in [5.41, 5.74) is 6.79. The summed E-state index contributed by atoms with van der Waals surface area (Å²) < 4.78 is 3.96. The Morgan fingerprint density at radius 3 is 2.56 bits per heavy atom. The van der Waals surface area contributed by atoms with Crippen LogP contribution >= 0.6 is 0 Å². The summed E-state index contributed by atoms with van der Waals surface area (Å²) in [5, 5.41) is 10.5. The van der Waals surface area contributed by atoms with Crippen LogP contribution in [0.4, 0.5) is 5.95 Å². The smallest absolute Gasteiger partial charge is 0.229 e. The number of benzene rings is 2. The first-order valence-electron chi connectivity index (χ1n) is 11.1. The summed E-state index contributed by atoms with van der Waals surface area (Å²) in [4.78, 5) is 12.3. The molecule has 0 atom stereocenters. The van der Waals surface area contributed by atoms with Gasteiger partial charge in [-0.3, -0.25) is 4.68 Å². The van der Waals surface area contributed by atoms with Crippen LogP contribution in [-0.4, -0.2) is 35.9 Å². The average molecular weight is 424 g/mol. The monoisotopic (exact) mass is 423 g/mol. The van der Waals surface area contributed by atoms with Crippen LogP contribution in [0.15, 0.2) is 54.6 Å². The normalized spacial score (nSPS) is 13.8. The molecule has 0 amide bonds. The molecule has 0 aliphatic carbocycles. The van der Waals surface area contributed by atoms with Crippen molar-refractivity contribution in [2.75, 3.05) is 11.4 Å². The van der Waals surface area contributed by atoms with Gasteiger partial charge in [-0.1, -0.05) is 36.4 Å². The number of aryl methyl sites for hydroxylation is 4. The van der Waals surface area contributed by atoms with E-state index < -0.39 is 0 Å². The van der Waals surface area contributed by atoms with E-state index in [2.05, 4.69) is 59.4 Å². The van der Waals surface area contributed by atoms with Gasteiger partial charge in [-0.05, 0) is 49.6 Å². The summed E-state index contributed by atoms with van der Waals surface area (Å²) >= 11 is 0. The number of rotatable bonds is 4. The molecule has 1 aliphatic rings. The van der Waals surface area contributed by atoms with Crippen LogP contribution in [0.5, 0.6) is 0 Å². The summed E-state index contributed by atoms with van der Waals surface area (Å²) in [6.45, 7) is 6.61. The molecule has 0 saturated carbocycles. The van der Waals surface area contributed by atoms with Gasteiger partial charge in [0.15, 0.2) is 11.5 Å². The molecule has 7 nitrogen and oxygen atoms in total. The SMILES string of the molecule is Cc1cc(C)n(CCc2nc3c4ccccc4nc(N4CCc5ccccc5C4)n3n2)n1. The molecule has 0 radical (unpaired) electrons. The molecule has 0 N–H and O–H groups in total. The highest BCUT2D eigenvalue weighted by Gasteiger charge is 2.22. The fourth-order valence-corrected chi connectivity index (χ4v) is 4.67. The zero-order chi connectivity index (χ0) is 21.7. The predicted molar refractivity (Wildman–Crippen MR) is 125 cm³/mol. The first-order chi connectivity index (χ1) is 15.7. The Balaban J connectivity index is 1.41. The predicted octanol–water partition coefficient (Wildman–Crippen LogP) is 3.90. The van der Waals surface area contributed by atoms with Crippen LogP contribution in [0.3, 0.4) is 0 Å². The molecule has 0 unspecified atom stereocenters. The maximum atomic E-state index is 5.02. The summed E-state index contributed by atoms with van der Waals surface area (Å²) in [5.74, 6) is 1.67. The number of fused-ring (bicyclic) bond motifs is 4. The van der Waals surface area contributed by atoms with E-state index in [-0.39, 0.29) is 0 Å². The molecule has 1 aliphatic heterocycles. The van der Waals surface area contributed by atoms with E-state index in [1.165, 1.54) is 11.1 Å². The molecule has 4 heterocycles. The summed E-state index contributed by atoms with van der Waals surface area (Å²) in [6.07, 6.45) is 1.73. The zero-order valence-corrected chi connectivity index (χ0v) is 18.4. The molecule has 32 heavy (non-hydrogen) atoms. The van der Waals surface area contributed by atoms with Gasteiger partial charge in [-0.2, -0.15) is 9.61 Å². The van der Waals surface area contributed by atoms with Crippen LogP contribution in [-0.2, 0) is 25.9 Å². The first-order valence-corrected chi connectivity index (χ1v) is 11.1. The second-order valence-corrected chi connectivity index (χ2v) is 8.53. The minimum atomic E-state index is 0.722. The minimum Gasteiger partial charge on any atom is -0.336 e. The van der Waals surface area contributed by atoms with Gasteiger partial charge in [0.1, 0.15) is 0 Å². The zero-order valence-electron chi connectivity index (χ0n) is 18.4. The Hall–Kier alpha value is -3.74. The molecular weight excluding hydrogens is 398 g/mol. The molecule has 5 aromatic rings. The molecule has 0 bridgehead atoms. The van der Waals surface area contributed by atoms with Crippen LogP contribution in [0, 0.1) is 13.8 Å². The molecule has 0 fully saturated rings. The van der Waals surface area contributed by atoms with Gasteiger partial charge in [0, 0.05) is 37.1 Å². The number of hydrogen-bond acceptors (Lipinski definition) is 5. The van der Waals surface area contributed by atoms with Gasteiger partial charge >= 0.3 is 0 Å². The Kier molecular flexibility index (Phi) is 4.41. The Morgan fingerprint density at radius 2 is 1.72 bits per heavy atom. The van der Waals surface area contributed by atoms with Crippen molar-refractivity contribution in [3.05, 3.63) is 82.9 Å². The lowest BCUT2D eigenvalue weighted by atomic mass is 10.0. The Morgan fingerprint density at radius 1 is 0.906 bits per heavy atom. The van der Waals surface area contributed by atoms with Crippen molar-refractivity contribution < 1.29 is 0 Å². The molecule has 0 spiro atoms. The number of aromatic nitrogens is 6. The van der Waals surface area contributed by atoms with Crippen LogP contribution in [0.2, 0.25) is 0 Å².